The lowest BCUT2D eigenvalue weighted by Gasteiger charge is -2.16. The van der Waals surface area contributed by atoms with Crippen LogP contribution in [-0.4, -0.2) is 28.2 Å². The van der Waals surface area contributed by atoms with Gasteiger partial charge < -0.3 is 10.2 Å². The summed E-state index contributed by atoms with van der Waals surface area (Å²) in [7, 11) is 0. The summed E-state index contributed by atoms with van der Waals surface area (Å²) in [5, 5.41) is 3.13. The summed E-state index contributed by atoms with van der Waals surface area (Å²) < 4.78 is 26.7. The van der Waals surface area contributed by atoms with Crippen LogP contribution in [0.15, 0.2) is 48.5 Å². The third kappa shape index (κ3) is 4.23. The summed E-state index contributed by atoms with van der Waals surface area (Å²) >= 11 is 1.25. The Balaban J connectivity index is 1.43. The van der Waals surface area contributed by atoms with Crippen molar-refractivity contribution in [3.63, 3.8) is 0 Å². The average Bonchev–Trinajstić information content (AvgIpc) is 3.27. The lowest BCUT2D eigenvalue weighted by atomic mass is 10.1. The van der Waals surface area contributed by atoms with E-state index in [1.165, 1.54) is 17.4 Å². The highest BCUT2D eigenvalue weighted by molar-refractivity contribution is 7.16. The predicted molar refractivity (Wildman–Crippen MR) is 111 cm³/mol. The van der Waals surface area contributed by atoms with Gasteiger partial charge in [-0.15, -0.1) is 11.3 Å². The highest BCUT2D eigenvalue weighted by atomic mass is 32.1. The van der Waals surface area contributed by atoms with E-state index in [2.05, 4.69) is 10.3 Å². The first-order valence-electron chi connectivity index (χ1n) is 9.46. The van der Waals surface area contributed by atoms with E-state index in [1.807, 2.05) is 30.3 Å². The van der Waals surface area contributed by atoms with Gasteiger partial charge in [0.05, 0.1) is 11.6 Å². The van der Waals surface area contributed by atoms with Crippen LogP contribution >= 0.6 is 11.3 Å². The molecule has 0 unspecified atom stereocenters. The molecule has 0 bridgehead atoms. The van der Waals surface area contributed by atoms with Gasteiger partial charge in [-0.05, 0) is 30.7 Å². The highest BCUT2D eigenvalue weighted by Crippen LogP contribution is 2.32. The van der Waals surface area contributed by atoms with Crippen LogP contribution in [0.1, 0.15) is 16.9 Å². The van der Waals surface area contributed by atoms with Crippen molar-refractivity contribution in [1.29, 1.82) is 0 Å². The molecule has 2 amide bonds. The van der Waals surface area contributed by atoms with Gasteiger partial charge in [-0.2, -0.15) is 0 Å². The molecule has 0 saturated carbocycles. The molecule has 2 aromatic carbocycles. The average molecular weight is 427 g/mol. The van der Waals surface area contributed by atoms with Gasteiger partial charge >= 0.3 is 0 Å². The second-order valence-corrected chi connectivity index (χ2v) is 8.41. The van der Waals surface area contributed by atoms with Crippen LogP contribution in [0.5, 0.6) is 0 Å². The van der Waals surface area contributed by atoms with Crippen LogP contribution in [0, 0.1) is 24.5 Å². The van der Waals surface area contributed by atoms with Gasteiger partial charge in [0, 0.05) is 30.0 Å². The fraction of sp³-hybridized carbons (Fsp3) is 0.227. The van der Waals surface area contributed by atoms with Gasteiger partial charge in [0.25, 0.3) is 0 Å². The van der Waals surface area contributed by atoms with Crippen molar-refractivity contribution in [1.82, 2.24) is 9.88 Å². The van der Waals surface area contributed by atoms with Crippen LogP contribution in [0.4, 0.5) is 13.9 Å². The SMILES string of the molecule is Cc1sc(NC(=O)[C@H]2CC(=O)N(Cc3ccccc3)C2)nc1-c1ccc(F)c(F)c1. The molecule has 0 radical (unpaired) electrons. The number of thiazole rings is 1. The van der Waals surface area contributed by atoms with Crippen molar-refractivity contribution in [3.8, 4) is 11.3 Å². The summed E-state index contributed by atoms with van der Waals surface area (Å²) in [6, 6.07) is 13.2. The summed E-state index contributed by atoms with van der Waals surface area (Å²) in [6.07, 6.45) is 0.152. The monoisotopic (exact) mass is 427 g/mol. The minimum Gasteiger partial charge on any atom is -0.338 e. The van der Waals surface area contributed by atoms with Gasteiger partial charge in [-0.3, -0.25) is 9.59 Å². The van der Waals surface area contributed by atoms with Crippen LogP contribution < -0.4 is 5.32 Å². The molecule has 4 rings (SSSR count). The van der Waals surface area contributed by atoms with Gasteiger partial charge in [0.2, 0.25) is 11.8 Å². The Morgan fingerprint density at radius 2 is 1.97 bits per heavy atom. The number of nitrogens with one attached hydrogen (secondary N) is 1. The minimum absolute atomic E-state index is 0.0585. The largest absolute Gasteiger partial charge is 0.338 e. The Kier molecular flexibility index (Phi) is 5.59. The highest BCUT2D eigenvalue weighted by Gasteiger charge is 2.34. The molecular weight excluding hydrogens is 408 g/mol. The zero-order valence-corrected chi connectivity index (χ0v) is 17.0. The summed E-state index contributed by atoms with van der Waals surface area (Å²) in [6.45, 7) is 2.62. The van der Waals surface area contributed by atoms with E-state index in [4.69, 9.17) is 0 Å². The molecule has 5 nitrogen and oxygen atoms in total. The Hall–Kier alpha value is -3.13. The number of carbonyl (C=O) groups excluding carboxylic acids is 2. The second-order valence-electron chi connectivity index (χ2n) is 7.20. The fourth-order valence-corrected chi connectivity index (χ4v) is 4.31. The van der Waals surface area contributed by atoms with E-state index >= 15 is 0 Å². The maximum atomic E-state index is 13.5. The molecule has 1 aliphatic rings. The van der Waals surface area contributed by atoms with Crippen LogP contribution in [0.25, 0.3) is 11.3 Å². The maximum absolute atomic E-state index is 13.5. The standard InChI is InChI=1S/C22H19F2N3O2S/c1-13-20(15-7-8-17(23)18(24)9-15)25-22(30-13)26-21(29)16-10-19(28)27(12-16)11-14-5-3-2-4-6-14/h2-9,16H,10-12H2,1H3,(H,25,26,29)/t16-/m0/s1. The molecule has 0 aliphatic carbocycles. The smallest absolute Gasteiger partial charge is 0.231 e. The first-order chi connectivity index (χ1) is 14.4. The number of halogens is 2. The number of benzene rings is 2. The van der Waals surface area contributed by atoms with Crippen molar-refractivity contribution >= 4 is 28.3 Å². The topological polar surface area (TPSA) is 62.3 Å². The van der Waals surface area contributed by atoms with Gasteiger partial charge in [-0.25, -0.2) is 13.8 Å². The van der Waals surface area contributed by atoms with E-state index in [0.717, 1.165) is 22.6 Å². The second kappa shape index (κ2) is 8.31. The Bertz CT molecular complexity index is 1100. The van der Waals surface area contributed by atoms with Crippen molar-refractivity contribution in [2.45, 2.75) is 19.9 Å². The van der Waals surface area contributed by atoms with Crippen molar-refractivity contribution in [2.75, 3.05) is 11.9 Å². The number of carbonyl (C=O) groups is 2. The molecule has 1 N–H and O–H groups in total. The number of amides is 2. The number of anilines is 1. The number of rotatable bonds is 5. The summed E-state index contributed by atoms with van der Waals surface area (Å²) in [4.78, 5) is 31.8. The maximum Gasteiger partial charge on any atom is 0.231 e. The van der Waals surface area contributed by atoms with E-state index < -0.39 is 17.6 Å². The first-order valence-corrected chi connectivity index (χ1v) is 10.3. The Labute approximate surface area is 176 Å². The van der Waals surface area contributed by atoms with Crippen molar-refractivity contribution in [2.24, 2.45) is 5.92 Å². The molecule has 1 fully saturated rings. The van der Waals surface area contributed by atoms with Gasteiger partial charge in [0.1, 0.15) is 0 Å². The van der Waals surface area contributed by atoms with Crippen molar-refractivity contribution < 1.29 is 18.4 Å². The van der Waals surface area contributed by atoms with Gasteiger partial charge in [-0.1, -0.05) is 30.3 Å². The van der Waals surface area contributed by atoms with Crippen LogP contribution in [0.2, 0.25) is 0 Å². The minimum atomic E-state index is -0.950. The van der Waals surface area contributed by atoms with E-state index in [9.17, 15) is 18.4 Å². The predicted octanol–water partition coefficient (Wildman–Crippen LogP) is 4.38. The molecule has 154 valence electrons. The zero-order chi connectivity index (χ0) is 21.3. The lowest BCUT2D eigenvalue weighted by Crippen LogP contribution is -2.28. The number of aromatic nitrogens is 1. The quantitative estimate of drug-likeness (QED) is 0.657. The third-order valence-corrected chi connectivity index (χ3v) is 5.91. The van der Waals surface area contributed by atoms with Crippen LogP contribution in [-0.2, 0) is 16.1 Å². The molecule has 0 spiro atoms. The van der Waals surface area contributed by atoms with Crippen molar-refractivity contribution in [3.05, 3.63) is 70.6 Å². The van der Waals surface area contributed by atoms with E-state index in [0.29, 0.717) is 29.5 Å². The van der Waals surface area contributed by atoms with E-state index in [-0.39, 0.29) is 18.2 Å². The molecular formula is C22H19F2N3O2S. The summed E-state index contributed by atoms with van der Waals surface area (Å²) in [5.41, 5.74) is 1.94. The number of likely N-dealkylation sites (tertiary alicyclic amines) is 1. The Morgan fingerprint density at radius 1 is 1.20 bits per heavy atom. The fourth-order valence-electron chi connectivity index (χ4n) is 3.47. The number of hydrogen-bond acceptors (Lipinski definition) is 4. The number of nitrogens with zero attached hydrogens (tertiary/aromatic N) is 2. The molecule has 1 aliphatic heterocycles. The zero-order valence-electron chi connectivity index (χ0n) is 16.2. The molecule has 2 heterocycles. The van der Waals surface area contributed by atoms with Crippen LogP contribution in [0.3, 0.4) is 0 Å². The summed E-state index contributed by atoms with van der Waals surface area (Å²) in [5.74, 6) is -2.67. The van der Waals surface area contributed by atoms with Gasteiger partial charge in [0.15, 0.2) is 16.8 Å². The molecule has 8 heteroatoms. The molecule has 1 aromatic heterocycles. The molecule has 1 atom stereocenters. The normalized spacial score (nSPS) is 16.2. The lowest BCUT2D eigenvalue weighted by molar-refractivity contribution is -0.128. The number of aryl methyl sites for hydroxylation is 1. The Morgan fingerprint density at radius 3 is 2.70 bits per heavy atom. The number of hydrogen-bond donors (Lipinski definition) is 1. The third-order valence-electron chi connectivity index (χ3n) is 5.02. The van der Waals surface area contributed by atoms with E-state index in [1.54, 1.807) is 11.8 Å². The molecule has 1 saturated heterocycles. The molecule has 30 heavy (non-hydrogen) atoms. The molecule has 3 aromatic rings. The first kappa shape index (κ1) is 20.2.